The fraction of sp³-hybridized carbons (Fsp3) is 1.00. The molecule has 0 saturated heterocycles. The molecule has 0 fully saturated rings. The van der Waals surface area contributed by atoms with Gasteiger partial charge >= 0.3 is 0 Å². The Bertz CT molecular complexity index is 237. The number of rotatable bonds is 5. The van der Waals surface area contributed by atoms with Crippen molar-refractivity contribution in [3.05, 3.63) is 0 Å². The third-order valence-corrected chi connectivity index (χ3v) is 4.05. The maximum absolute atomic E-state index is 5.94. The van der Waals surface area contributed by atoms with Crippen LogP contribution in [0.15, 0.2) is 0 Å². The SMILES string of the molecule is CC(N)CCC(C)(C)C(CC(C)(C)C)C(C)(C)C. The summed E-state index contributed by atoms with van der Waals surface area (Å²) in [6.07, 6.45) is 3.63. The van der Waals surface area contributed by atoms with E-state index in [4.69, 9.17) is 5.73 Å². The van der Waals surface area contributed by atoms with Gasteiger partial charge in [0.05, 0.1) is 0 Å². The van der Waals surface area contributed by atoms with Crippen LogP contribution in [0.2, 0.25) is 0 Å². The molecule has 2 atom stereocenters. The van der Waals surface area contributed by atoms with E-state index in [9.17, 15) is 0 Å². The predicted octanol–water partition coefficient (Wildman–Crippen LogP) is 5.24. The molecule has 2 N–H and O–H groups in total. The van der Waals surface area contributed by atoms with Crippen LogP contribution in [0.25, 0.3) is 0 Å². The first-order chi connectivity index (χ1) is 7.76. The molecule has 0 amide bonds. The van der Waals surface area contributed by atoms with E-state index in [1.807, 2.05) is 0 Å². The van der Waals surface area contributed by atoms with Crippen LogP contribution >= 0.6 is 0 Å². The van der Waals surface area contributed by atoms with Gasteiger partial charge in [0, 0.05) is 6.04 Å². The highest BCUT2D eigenvalue weighted by Gasteiger charge is 2.39. The van der Waals surface area contributed by atoms with Crippen LogP contribution in [-0.4, -0.2) is 6.04 Å². The second-order valence-corrected chi connectivity index (χ2v) is 9.19. The fourth-order valence-electron chi connectivity index (χ4n) is 3.14. The summed E-state index contributed by atoms with van der Waals surface area (Å²) in [5.74, 6) is 0.726. The van der Waals surface area contributed by atoms with E-state index in [1.165, 1.54) is 12.8 Å². The van der Waals surface area contributed by atoms with Crippen molar-refractivity contribution in [2.24, 2.45) is 27.9 Å². The van der Waals surface area contributed by atoms with Gasteiger partial charge in [-0.2, -0.15) is 0 Å². The average molecular weight is 255 g/mol. The molecule has 0 aromatic rings. The van der Waals surface area contributed by atoms with Crippen LogP contribution in [0.1, 0.15) is 81.6 Å². The van der Waals surface area contributed by atoms with E-state index in [0.29, 0.717) is 22.3 Å². The van der Waals surface area contributed by atoms with E-state index >= 15 is 0 Å². The highest BCUT2D eigenvalue weighted by molar-refractivity contribution is 4.89. The zero-order valence-corrected chi connectivity index (χ0v) is 14.4. The second kappa shape index (κ2) is 5.94. The lowest BCUT2D eigenvalue weighted by molar-refractivity contribution is 0.0377. The third-order valence-electron chi connectivity index (χ3n) is 4.05. The minimum atomic E-state index is 0.319. The van der Waals surface area contributed by atoms with Gasteiger partial charge in [0.2, 0.25) is 0 Å². The number of hydrogen-bond acceptors (Lipinski definition) is 1. The van der Waals surface area contributed by atoms with Gasteiger partial charge in [-0.1, -0.05) is 55.4 Å². The van der Waals surface area contributed by atoms with E-state index < -0.39 is 0 Å². The van der Waals surface area contributed by atoms with Crippen LogP contribution in [0.4, 0.5) is 0 Å². The first-order valence-electron chi connectivity index (χ1n) is 7.51. The van der Waals surface area contributed by atoms with Crippen molar-refractivity contribution in [1.29, 1.82) is 0 Å². The summed E-state index contributed by atoms with van der Waals surface area (Å²) in [6, 6.07) is 0.319. The van der Waals surface area contributed by atoms with Crippen LogP contribution in [0, 0.1) is 22.2 Å². The zero-order valence-electron chi connectivity index (χ0n) is 14.4. The van der Waals surface area contributed by atoms with Gasteiger partial charge in [0.1, 0.15) is 0 Å². The van der Waals surface area contributed by atoms with Crippen LogP contribution in [0.3, 0.4) is 0 Å². The number of hydrogen-bond donors (Lipinski definition) is 1. The molecule has 0 aliphatic heterocycles. The minimum absolute atomic E-state index is 0.319. The molecule has 0 aromatic carbocycles. The summed E-state index contributed by atoms with van der Waals surface area (Å²) in [5.41, 5.74) is 7.04. The molecule has 1 nitrogen and oxygen atoms in total. The smallest absolute Gasteiger partial charge is 0.00106 e. The van der Waals surface area contributed by atoms with Gasteiger partial charge in [-0.3, -0.25) is 0 Å². The Hall–Kier alpha value is -0.0400. The lowest BCUT2D eigenvalue weighted by Gasteiger charge is -2.46. The van der Waals surface area contributed by atoms with Crippen molar-refractivity contribution in [3.63, 3.8) is 0 Å². The maximum Gasteiger partial charge on any atom is 0.00106 e. The first kappa shape index (κ1) is 18.0. The Morgan fingerprint density at radius 3 is 1.61 bits per heavy atom. The van der Waals surface area contributed by atoms with Crippen molar-refractivity contribution in [1.82, 2.24) is 0 Å². The topological polar surface area (TPSA) is 26.0 Å². The molecule has 1 heteroatoms. The molecular weight excluding hydrogens is 218 g/mol. The molecule has 0 aliphatic rings. The normalized spacial score (nSPS) is 17.7. The van der Waals surface area contributed by atoms with E-state index in [0.717, 1.165) is 12.3 Å². The van der Waals surface area contributed by atoms with Crippen LogP contribution in [-0.2, 0) is 0 Å². The molecule has 0 rings (SSSR count). The predicted molar refractivity (Wildman–Crippen MR) is 83.7 cm³/mol. The summed E-state index contributed by atoms with van der Waals surface area (Å²) < 4.78 is 0. The highest BCUT2D eigenvalue weighted by atomic mass is 14.6. The Kier molecular flexibility index (Phi) is 5.93. The monoisotopic (exact) mass is 255 g/mol. The molecule has 110 valence electrons. The quantitative estimate of drug-likeness (QED) is 0.714. The van der Waals surface area contributed by atoms with Crippen molar-refractivity contribution in [2.75, 3.05) is 0 Å². The van der Waals surface area contributed by atoms with Gasteiger partial charge in [-0.15, -0.1) is 0 Å². The lowest BCUT2D eigenvalue weighted by atomic mass is 9.59. The van der Waals surface area contributed by atoms with E-state index in [2.05, 4.69) is 62.3 Å². The van der Waals surface area contributed by atoms with E-state index in [-0.39, 0.29) is 0 Å². The number of nitrogens with two attached hydrogens (primary N) is 1. The molecule has 0 bridgehead atoms. The largest absolute Gasteiger partial charge is 0.328 e. The summed E-state index contributed by atoms with van der Waals surface area (Å²) in [5, 5.41) is 0. The van der Waals surface area contributed by atoms with Crippen molar-refractivity contribution in [3.8, 4) is 0 Å². The minimum Gasteiger partial charge on any atom is -0.328 e. The summed E-state index contributed by atoms with van der Waals surface area (Å²) in [4.78, 5) is 0. The first-order valence-corrected chi connectivity index (χ1v) is 7.51. The van der Waals surface area contributed by atoms with Crippen molar-refractivity contribution in [2.45, 2.75) is 87.6 Å². The van der Waals surface area contributed by atoms with Crippen LogP contribution < -0.4 is 5.73 Å². The van der Waals surface area contributed by atoms with Gasteiger partial charge in [-0.05, 0) is 48.3 Å². The van der Waals surface area contributed by atoms with Gasteiger partial charge in [0.15, 0.2) is 0 Å². The van der Waals surface area contributed by atoms with Gasteiger partial charge in [0.25, 0.3) is 0 Å². The van der Waals surface area contributed by atoms with Gasteiger partial charge in [-0.25, -0.2) is 0 Å². The summed E-state index contributed by atoms with van der Waals surface area (Å²) >= 11 is 0. The fourth-order valence-corrected chi connectivity index (χ4v) is 3.14. The summed E-state index contributed by atoms with van der Waals surface area (Å²) in [7, 11) is 0. The lowest BCUT2D eigenvalue weighted by Crippen LogP contribution is -2.38. The van der Waals surface area contributed by atoms with Crippen molar-refractivity contribution < 1.29 is 0 Å². The maximum atomic E-state index is 5.94. The molecule has 0 aliphatic carbocycles. The molecule has 0 heterocycles. The Morgan fingerprint density at radius 1 is 0.889 bits per heavy atom. The molecule has 0 saturated carbocycles. The molecule has 2 unspecified atom stereocenters. The Labute approximate surface area is 116 Å². The molecule has 0 spiro atoms. The molecule has 0 aromatic heterocycles. The van der Waals surface area contributed by atoms with Crippen LogP contribution in [0.5, 0.6) is 0 Å². The van der Waals surface area contributed by atoms with E-state index in [1.54, 1.807) is 0 Å². The molecular formula is C17H37N. The Morgan fingerprint density at radius 2 is 1.33 bits per heavy atom. The Balaban J connectivity index is 4.95. The van der Waals surface area contributed by atoms with Crippen molar-refractivity contribution >= 4 is 0 Å². The highest BCUT2D eigenvalue weighted by Crippen LogP contribution is 2.48. The zero-order chi connectivity index (χ0) is 14.8. The summed E-state index contributed by atoms with van der Waals surface area (Å²) in [6.45, 7) is 21.2. The standard InChI is InChI=1S/C17H37N/c1-13(18)10-11-17(8,9)14(16(5,6)7)12-15(2,3)4/h13-14H,10-12,18H2,1-9H3. The molecule has 18 heavy (non-hydrogen) atoms. The second-order valence-electron chi connectivity index (χ2n) is 9.19. The average Bonchev–Trinajstić information content (AvgIpc) is 2.08. The molecule has 0 radical (unpaired) electrons. The third kappa shape index (κ3) is 6.78. The van der Waals surface area contributed by atoms with Gasteiger partial charge < -0.3 is 5.73 Å².